The Morgan fingerprint density at radius 3 is 2.54 bits per heavy atom. The zero-order valence-corrected chi connectivity index (χ0v) is 17.5. The van der Waals surface area contributed by atoms with Gasteiger partial charge < -0.3 is 19.6 Å². The molecule has 3 rings (SSSR count). The number of hydrogen-bond donors (Lipinski definition) is 1. The summed E-state index contributed by atoms with van der Waals surface area (Å²) in [6.45, 7) is 4.44. The van der Waals surface area contributed by atoms with E-state index in [4.69, 9.17) is 4.74 Å². The number of amides is 1. The Hall–Kier alpha value is -2.02. The van der Waals surface area contributed by atoms with Crippen molar-refractivity contribution in [2.45, 2.75) is 29.6 Å². The van der Waals surface area contributed by atoms with Gasteiger partial charge in [-0.15, -0.1) is 11.8 Å². The van der Waals surface area contributed by atoms with Crippen molar-refractivity contribution in [3.8, 4) is 5.75 Å². The molecule has 5 nitrogen and oxygen atoms in total. The molecular formula is C22H28N2O3S. The number of aliphatic hydroxyl groups is 1. The molecule has 0 aromatic heterocycles. The number of benzene rings is 2. The third-order valence-electron chi connectivity index (χ3n) is 4.97. The average Bonchev–Trinajstić information content (AvgIpc) is 2.82. The fourth-order valence-electron chi connectivity index (χ4n) is 3.43. The number of hydrogen-bond acceptors (Lipinski definition) is 5. The second-order valence-corrected chi connectivity index (χ2v) is 8.20. The largest absolute Gasteiger partial charge is 0.497 e. The minimum Gasteiger partial charge on any atom is -0.497 e. The highest BCUT2D eigenvalue weighted by Crippen LogP contribution is 2.45. The lowest BCUT2D eigenvalue weighted by Gasteiger charge is -2.27. The number of anilines is 1. The number of methoxy groups -OCH3 is 1. The number of carbonyl (C=O) groups is 1. The Bertz CT molecular complexity index is 797. The van der Waals surface area contributed by atoms with E-state index in [1.54, 1.807) is 12.0 Å². The Morgan fingerprint density at radius 1 is 1.14 bits per heavy atom. The van der Waals surface area contributed by atoms with Gasteiger partial charge in [0.2, 0.25) is 0 Å². The number of para-hydroxylation sites is 1. The van der Waals surface area contributed by atoms with Crippen LogP contribution in [0.2, 0.25) is 0 Å². The molecule has 1 aliphatic heterocycles. The smallest absolute Gasteiger partial charge is 0.257 e. The number of aliphatic hydroxyl groups excluding tert-OH is 1. The second-order valence-electron chi connectivity index (χ2n) is 7.02. The molecule has 0 spiro atoms. The van der Waals surface area contributed by atoms with E-state index in [1.165, 1.54) is 11.8 Å². The van der Waals surface area contributed by atoms with Gasteiger partial charge in [-0.1, -0.05) is 31.2 Å². The molecule has 28 heavy (non-hydrogen) atoms. The van der Waals surface area contributed by atoms with Crippen LogP contribution in [0.1, 0.15) is 24.2 Å². The van der Waals surface area contributed by atoms with Crippen molar-refractivity contribution < 1.29 is 14.6 Å². The molecule has 0 aliphatic carbocycles. The number of thioether (sulfide) groups is 1. The molecular weight excluding hydrogens is 372 g/mol. The number of nitrogens with zero attached hydrogens (tertiary/aromatic N) is 2. The summed E-state index contributed by atoms with van der Waals surface area (Å²) in [4.78, 5) is 18.2. The standard InChI is InChI=1S/C22H28N2O3S/c1-4-13-23(2)14-15-24-18-7-5-6-8-19(18)28-21(20(25)22(24)26)16-9-11-17(27-3)12-10-16/h5-12,20-21,25H,4,13-15H2,1-3H3/t20-,21+/m0/s1. The topological polar surface area (TPSA) is 53.0 Å². The summed E-state index contributed by atoms with van der Waals surface area (Å²) in [5.41, 5.74) is 1.78. The summed E-state index contributed by atoms with van der Waals surface area (Å²) < 4.78 is 5.23. The first-order valence-corrected chi connectivity index (χ1v) is 10.5. The predicted octanol–water partition coefficient (Wildman–Crippen LogP) is 3.58. The highest BCUT2D eigenvalue weighted by atomic mass is 32.2. The van der Waals surface area contributed by atoms with Crippen LogP contribution in [0.3, 0.4) is 0 Å². The Balaban J connectivity index is 1.90. The molecule has 1 aliphatic rings. The van der Waals surface area contributed by atoms with Gasteiger partial charge in [-0.2, -0.15) is 0 Å². The van der Waals surface area contributed by atoms with E-state index in [0.29, 0.717) is 6.54 Å². The average molecular weight is 401 g/mol. The van der Waals surface area contributed by atoms with Gasteiger partial charge in [0.05, 0.1) is 18.0 Å². The molecule has 0 saturated carbocycles. The zero-order valence-electron chi connectivity index (χ0n) is 16.7. The zero-order chi connectivity index (χ0) is 20.1. The molecule has 2 aromatic rings. The van der Waals surface area contributed by atoms with Gasteiger partial charge in [-0.05, 0) is 49.8 Å². The molecule has 0 bridgehead atoms. The summed E-state index contributed by atoms with van der Waals surface area (Å²) in [5, 5.41) is 10.6. The Morgan fingerprint density at radius 2 is 1.86 bits per heavy atom. The maximum absolute atomic E-state index is 13.2. The van der Waals surface area contributed by atoms with Crippen molar-refractivity contribution in [3.63, 3.8) is 0 Å². The number of fused-ring (bicyclic) bond motifs is 1. The van der Waals surface area contributed by atoms with E-state index in [2.05, 4.69) is 18.9 Å². The number of ether oxygens (including phenoxy) is 1. The molecule has 1 amide bonds. The van der Waals surface area contributed by atoms with Crippen molar-refractivity contribution in [1.82, 2.24) is 4.90 Å². The third kappa shape index (κ3) is 4.51. The highest BCUT2D eigenvalue weighted by Gasteiger charge is 2.37. The molecule has 2 aromatic carbocycles. The monoisotopic (exact) mass is 400 g/mol. The fraction of sp³-hybridized carbons (Fsp3) is 0.409. The first-order chi connectivity index (χ1) is 13.5. The fourth-order valence-corrected chi connectivity index (χ4v) is 4.70. The first-order valence-electron chi connectivity index (χ1n) is 9.62. The summed E-state index contributed by atoms with van der Waals surface area (Å²) in [6.07, 6.45) is -0.0405. The van der Waals surface area contributed by atoms with E-state index in [9.17, 15) is 9.90 Å². The summed E-state index contributed by atoms with van der Waals surface area (Å²) >= 11 is 1.54. The van der Waals surface area contributed by atoms with E-state index in [1.807, 2.05) is 48.5 Å². The lowest BCUT2D eigenvalue weighted by Crippen LogP contribution is -2.43. The Kier molecular flexibility index (Phi) is 6.99. The number of likely N-dealkylation sites (N-methyl/N-ethyl adjacent to an activating group) is 1. The summed E-state index contributed by atoms with van der Waals surface area (Å²) in [5.74, 6) is 0.507. The maximum atomic E-state index is 13.2. The van der Waals surface area contributed by atoms with Gasteiger partial charge in [-0.25, -0.2) is 0 Å². The second kappa shape index (κ2) is 9.45. The molecule has 150 valence electrons. The van der Waals surface area contributed by atoms with Crippen LogP contribution < -0.4 is 9.64 Å². The van der Waals surface area contributed by atoms with E-state index < -0.39 is 6.10 Å². The summed E-state index contributed by atoms with van der Waals surface area (Å²) in [6, 6.07) is 15.5. The van der Waals surface area contributed by atoms with E-state index >= 15 is 0 Å². The van der Waals surface area contributed by atoms with Crippen LogP contribution in [0.4, 0.5) is 5.69 Å². The summed E-state index contributed by atoms with van der Waals surface area (Å²) in [7, 11) is 3.68. The third-order valence-corrected chi connectivity index (χ3v) is 6.35. The minimum atomic E-state index is -1.11. The predicted molar refractivity (Wildman–Crippen MR) is 114 cm³/mol. The van der Waals surface area contributed by atoms with Crippen LogP contribution in [0, 0.1) is 0 Å². The van der Waals surface area contributed by atoms with Crippen molar-refractivity contribution in [3.05, 3.63) is 54.1 Å². The molecule has 2 atom stereocenters. The minimum absolute atomic E-state index is 0.247. The first kappa shape index (κ1) is 20.7. The maximum Gasteiger partial charge on any atom is 0.257 e. The van der Waals surface area contributed by atoms with Gasteiger partial charge >= 0.3 is 0 Å². The normalized spacial score (nSPS) is 19.5. The number of rotatable bonds is 7. The van der Waals surface area contributed by atoms with Gasteiger partial charge in [0.25, 0.3) is 5.91 Å². The van der Waals surface area contributed by atoms with Gasteiger partial charge in [0.1, 0.15) is 11.9 Å². The van der Waals surface area contributed by atoms with Crippen LogP contribution in [0.15, 0.2) is 53.4 Å². The van der Waals surface area contributed by atoms with Crippen molar-refractivity contribution in [2.24, 2.45) is 0 Å². The quantitative estimate of drug-likeness (QED) is 0.770. The van der Waals surface area contributed by atoms with Crippen LogP contribution in [0.5, 0.6) is 5.75 Å². The van der Waals surface area contributed by atoms with Gasteiger partial charge in [0.15, 0.2) is 0 Å². The number of carbonyl (C=O) groups excluding carboxylic acids is 1. The van der Waals surface area contributed by atoms with Crippen molar-refractivity contribution >= 4 is 23.4 Å². The highest BCUT2D eigenvalue weighted by molar-refractivity contribution is 7.99. The van der Waals surface area contributed by atoms with Gasteiger partial charge in [-0.3, -0.25) is 4.79 Å². The molecule has 0 radical (unpaired) electrons. The molecule has 6 heteroatoms. The van der Waals surface area contributed by atoms with Crippen LogP contribution in [-0.2, 0) is 4.79 Å². The Labute approximate surface area is 171 Å². The van der Waals surface area contributed by atoms with Crippen LogP contribution in [0.25, 0.3) is 0 Å². The molecule has 0 unspecified atom stereocenters. The lowest BCUT2D eigenvalue weighted by atomic mass is 10.1. The van der Waals surface area contributed by atoms with Gasteiger partial charge in [0, 0.05) is 18.0 Å². The molecule has 0 saturated heterocycles. The molecule has 1 N–H and O–H groups in total. The van der Waals surface area contributed by atoms with E-state index in [0.717, 1.165) is 41.4 Å². The van der Waals surface area contributed by atoms with Crippen molar-refractivity contribution in [2.75, 3.05) is 38.7 Å². The van der Waals surface area contributed by atoms with Crippen LogP contribution in [-0.4, -0.2) is 55.8 Å². The molecule has 1 heterocycles. The van der Waals surface area contributed by atoms with Crippen LogP contribution >= 0.6 is 11.8 Å². The van der Waals surface area contributed by atoms with Crippen molar-refractivity contribution in [1.29, 1.82) is 0 Å². The lowest BCUT2D eigenvalue weighted by molar-refractivity contribution is -0.126. The van der Waals surface area contributed by atoms with E-state index in [-0.39, 0.29) is 11.2 Å². The SMILES string of the molecule is CCCN(C)CCN1C(=O)[C@@H](O)[C@@H](c2ccc(OC)cc2)Sc2ccccc21. The molecule has 0 fully saturated rings.